The first kappa shape index (κ1) is 29.4. The van der Waals surface area contributed by atoms with E-state index in [0.717, 1.165) is 5.69 Å². The number of rotatable bonds is 3. The molecule has 0 radical (unpaired) electrons. The lowest BCUT2D eigenvalue weighted by molar-refractivity contribution is 1.18. The molecule has 2 heteroatoms. The van der Waals surface area contributed by atoms with Crippen LogP contribution < -0.4 is 0 Å². The van der Waals surface area contributed by atoms with Crippen LogP contribution in [0.5, 0.6) is 0 Å². The number of nitrogens with zero attached hydrogens (tertiary/aromatic N) is 2. The quantitative estimate of drug-likeness (QED) is 0.175. The van der Waals surface area contributed by atoms with E-state index >= 15 is 0 Å². The highest BCUT2D eigenvalue weighted by Crippen LogP contribution is 2.49. The second-order valence-electron chi connectivity index (χ2n) is 14.5. The highest BCUT2D eigenvalue weighted by atomic mass is 15.0. The fourth-order valence-corrected chi connectivity index (χ4v) is 9.17. The first-order chi connectivity index (χ1) is 26.8. The van der Waals surface area contributed by atoms with Crippen LogP contribution in [0.1, 0.15) is 0 Å². The van der Waals surface area contributed by atoms with Crippen molar-refractivity contribution in [2.45, 2.75) is 0 Å². The van der Waals surface area contributed by atoms with Crippen molar-refractivity contribution in [2.24, 2.45) is 0 Å². The number of hydrogen-bond acceptors (Lipinski definition) is 0. The van der Waals surface area contributed by atoms with E-state index in [1.54, 1.807) is 0 Å². The van der Waals surface area contributed by atoms with Gasteiger partial charge in [-0.05, 0) is 111 Å². The van der Waals surface area contributed by atoms with Crippen LogP contribution in [0.2, 0.25) is 0 Å². The van der Waals surface area contributed by atoms with Gasteiger partial charge in [-0.2, -0.15) is 0 Å². The predicted molar refractivity (Wildman–Crippen MR) is 228 cm³/mol. The van der Waals surface area contributed by atoms with Crippen LogP contribution in [0.15, 0.2) is 194 Å². The molecule has 1 aliphatic heterocycles. The Kier molecular flexibility index (Phi) is 6.09. The molecule has 2 nitrogen and oxygen atoms in total. The SMILES string of the molecule is c1ccc(-c2ccc(-n3c4ccccc4c4cc(-c5cc6c7c(c5)c5ccccc5n7-c5ccccc5-c5cc7ccccc7cc5-6)ccc43)cc2)cc1. The number of hydrogen-bond donors (Lipinski definition) is 0. The Balaban J connectivity index is 1.11. The van der Waals surface area contributed by atoms with Crippen molar-refractivity contribution in [1.29, 1.82) is 0 Å². The van der Waals surface area contributed by atoms with Gasteiger partial charge in [0.25, 0.3) is 0 Å². The number of fused-ring (bicyclic) bond motifs is 12. The van der Waals surface area contributed by atoms with Gasteiger partial charge in [0, 0.05) is 38.4 Å². The van der Waals surface area contributed by atoms with Gasteiger partial charge in [0.15, 0.2) is 0 Å². The van der Waals surface area contributed by atoms with Crippen molar-refractivity contribution in [3.8, 4) is 55.9 Å². The zero-order chi connectivity index (χ0) is 35.3. The van der Waals surface area contributed by atoms with Gasteiger partial charge in [-0.25, -0.2) is 0 Å². The van der Waals surface area contributed by atoms with Crippen LogP contribution in [-0.4, -0.2) is 9.13 Å². The van der Waals surface area contributed by atoms with Gasteiger partial charge in [0.05, 0.1) is 27.8 Å². The molecular formula is C52H32N2. The predicted octanol–water partition coefficient (Wildman–Crippen LogP) is 14.0. The highest BCUT2D eigenvalue weighted by Gasteiger charge is 2.26. The molecular weight excluding hydrogens is 653 g/mol. The lowest BCUT2D eigenvalue weighted by Crippen LogP contribution is -1.95. The van der Waals surface area contributed by atoms with Crippen molar-refractivity contribution < 1.29 is 0 Å². The van der Waals surface area contributed by atoms with Gasteiger partial charge in [0.2, 0.25) is 0 Å². The Bertz CT molecular complexity index is 3310. The average Bonchev–Trinajstić information content (AvgIpc) is 3.72. The summed E-state index contributed by atoms with van der Waals surface area (Å²) in [7, 11) is 0. The van der Waals surface area contributed by atoms with Crippen molar-refractivity contribution in [3.05, 3.63) is 194 Å². The van der Waals surface area contributed by atoms with E-state index in [1.807, 2.05) is 0 Å². The van der Waals surface area contributed by atoms with E-state index in [4.69, 9.17) is 0 Å². The molecule has 0 bridgehead atoms. The Morgan fingerprint density at radius 1 is 0.278 bits per heavy atom. The van der Waals surface area contributed by atoms with Crippen LogP contribution in [0.25, 0.3) is 110 Å². The van der Waals surface area contributed by atoms with E-state index in [9.17, 15) is 0 Å². The molecule has 250 valence electrons. The fourth-order valence-electron chi connectivity index (χ4n) is 9.17. The smallest absolute Gasteiger partial charge is 0.0620 e. The maximum absolute atomic E-state index is 2.50. The van der Waals surface area contributed by atoms with E-state index in [0.29, 0.717) is 0 Å². The molecule has 11 aromatic rings. The topological polar surface area (TPSA) is 9.86 Å². The molecule has 0 fully saturated rings. The summed E-state index contributed by atoms with van der Waals surface area (Å²) in [5, 5.41) is 7.56. The second kappa shape index (κ2) is 11.2. The van der Waals surface area contributed by atoms with Crippen molar-refractivity contribution >= 4 is 54.4 Å². The number of aromatic nitrogens is 2. The zero-order valence-electron chi connectivity index (χ0n) is 29.4. The average molecular weight is 685 g/mol. The van der Waals surface area contributed by atoms with Crippen molar-refractivity contribution in [3.63, 3.8) is 0 Å². The third-order valence-corrected chi connectivity index (χ3v) is 11.6. The van der Waals surface area contributed by atoms with Gasteiger partial charge < -0.3 is 9.13 Å². The summed E-state index contributed by atoms with van der Waals surface area (Å²) in [6, 6.07) is 71.6. The van der Waals surface area contributed by atoms with Crippen molar-refractivity contribution in [2.75, 3.05) is 0 Å². The molecule has 0 aliphatic carbocycles. The Morgan fingerprint density at radius 2 is 0.833 bits per heavy atom. The van der Waals surface area contributed by atoms with E-state index < -0.39 is 0 Å². The van der Waals surface area contributed by atoms with Gasteiger partial charge in [-0.15, -0.1) is 0 Å². The molecule has 54 heavy (non-hydrogen) atoms. The van der Waals surface area contributed by atoms with Crippen LogP contribution in [0.3, 0.4) is 0 Å². The molecule has 3 heterocycles. The molecule has 0 N–H and O–H groups in total. The molecule has 0 spiro atoms. The third-order valence-electron chi connectivity index (χ3n) is 11.6. The molecule has 12 rings (SSSR count). The van der Waals surface area contributed by atoms with Gasteiger partial charge in [-0.1, -0.05) is 127 Å². The maximum Gasteiger partial charge on any atom is 0.0620 e. The minimum absolute atomic E-state index is 1.16. The monoisotopic (exact) mass is 684 g/mol. The number of benzene rings is 9. The summed E-state index contributed by atoms with van der Waals surface area (Å²) in [4.78, 5) is 0. The van der Waals surface area contributed by atoms with Crippen LogP contribution >= 0.6 is 0 Å². The van der Waals surface area contributed by atoms with Gasteiger partial charge in [-0.3, -0.25) is 0 Å². The molecule has 0 saturated heterocycles. The standard InChI is InChI=1S/C52H32N2/c1-2-12-33(13-3-1)34-22-25-39(26-23-34)53-48-19-9-7-17-41(48)45-30-37(24-27-51(45)53)38-31-46-42-18-8-11-21-50(42)54-49-20-10-6-16-40(49)43-28-35-14-4-5-15-36(35)29-44(43)47(32-38)52(46)54/h1-32H. The summed E-state index contributed by atoms with van der Waals surface area (Å²) in [5.74, 6) is 0. The summed E-state index contributed by atoms with van der Waals surface area (Å²) >= 11 is 0. The normalized spacial score (nSPS) is 12.1. The first-order valence-corrected chi connectivity index (χ1v) is 18.7. The molecule has 9 aromatic carbocycles. The minimum Gasteiger partial charge on any atom is -0.309 e. The Labute approximate surface area is 312 Å². The van der Waals surface area contributed by atoms with E-state index in [1.165, 1.54) is 105 Å². The van der Waals surface area contributed by atoms with E-state index in [-0.39, 0.29) is 0 Å². The molecule has 0 amide bonds. The maximum atomic E-state index is 2.50. The van der Waals surface area contributed by atoms with Crippen LogP contribution in [0, 0.1) is 0 Å². The van der Waals surface area contributed by atoms with E-state index in [2.05, 4.69) is 203 Å². The lowest BCUT2D eigenvalue weighted by atomic mass is 9.89. The van der Waals surface area contributed by atoms with Crippen molar-refractivity contribution in [1.82, 2.24) is 9.13 Å². The second-order valence-corrected chi connectivity index (χ2v) is 14.5. The van der Waals surface area contributed by atoms with Gasteiger partial charge in [0.1, 0.15) is 0 Å². The zero-order valence-corrected chi connectivity index (χ0v) is 29.4. The Hall–Kier alpha value is -7.16. The molecule has 1 aliphatic rings. The fraction of sp³-hybridized carbons (Fsp3) is 0. The lowest BCUT2D eigenvalue weighted by Gasteiger charge is -2.14. The minimum atomic E-state index is 1.16. The summed E-state index contributed by atoms with van der Waals surface area (Å²) in [6.45, 7) is 0. The largest absolute Gasteiger partial charge is 0.309 e. The summed E-state index contributed by atoms with van der Waals surface area (Å²) < 4.78 is 4.91. The van der Waals surface area contributed by atoms with Crippen LogP contribution in [0.4, 0.5) is 0 Å². The van der Waals surface area contributed by atoms with Gasteiger partial charge >= 0.3 is 0 Å². The summed E-state index contributed by atoms with van der Waals surface area (Å²) in [5.41, 5.74) is 17.2. The molecule has 0 unspecified atom stereocenters. The molecule has 2 aromatic heterocycles. The number of para-hydroxylation sites is 3. The molecule has 0 saturated carbocycles. The Morgan fingerprint density at radius 3 is 1.61 bits per heavy atom. The highest BCUT2D eigenvalue weighted by molar-refractivity contribution is 6.19. The summed E-state index contributed by atoms with van der Waals surface area (Å²) in [6.07, 6.45) is 0. The molecule has 0 atom stereocenters. The third kappa shape index (κ3) is 4.17. The van der Waals surface area contributed by atoms with Crippen LogP contribution in [-0.2, 0) is 0 Å². The first-order valence-electron chi connectivity index (χ1n) is 18.7.